The van der Waals surface area contributed by atoms with Gasteiger partial charge in [-0.15, -0.1) is 0 Å². The van der Waals surface area contributed by atoms with Crippen LogP contribution in [0.2, 0.25) is 0 Å². The lowest BCUT2D eigenvalue weighted by atomic mass is 10.0. The fourth-order valence-electron chi connectivity index (χ4n) is 8.08. The van der Waals surface area contributed by atoms with Crippen LogP contribution in [0.15, 0.2) is 60.8 Å². The zero-order valence-electron chi connectivity index (χ0n) is 46.2. The van der Waals surface area contributed by atoms with Crippen LogP contribution in [0.1, 0.15) is 258 Å². The van der Waals surface area contributed by atoms with Gasteiger partial charge in [-0.25, -0.2) is 0 Å². The van der Waals surface area contributed by atoms with Gasteiger partial charge in [0, 0.05) is 12.8 Å². The number of esters is 2. The van der Waals surface area contributed by atoms with E-state index in [2.05, 4.69) is 62.5 Å². The molecule has 0 aromatic carbocycles. The van der Waals surface area contributed by atoms with Crippen LogP contribution in [0.5, 0.6) is 0 Å². The maximum atomic E-state index is 12.7. The number of carbonyl (C=O) groups is 2. The van der Waals surface area contributed by atoms with Crippen molar-refractivity contribution in [2.45, 2.75) is 264 Å². The smallest absolute Gasteiger partial charge is 0.306 e. The molecule has 0 heterocycles. The number of hydrogen-bond donors (Lipinski definition) is 0. The van der Waals surface area contributed by atoms with Crippen molar-refractivity contribution in [3.63, 3.8) is 0 Å². The number of hydrogen-bond acceptors (Lipinski definition) is 8. The quantitative estimate of drug-likeness (QED) is 0.0195. The minimum atomic E-state index is -4.65. The molecule has 70 heavy (non-hydrogen) atoms. The summed E-state index contributed by atoms with van der Waals surface area (Å²) < 4.78 is 33.9. The van der Waals surface area contributed by atoms with Crippen LogP contribution in [-0.2, 0) is 32.7 Å². The van der Waals surface area contributed by atoms with Gasteiger partial charge in [0.1, 0.15) is 19.8 Å². The molecule has 0 radical (unpaired) electrons. The van der Waals surface area contributed by atoms with Crippen molar-refractivity contribution < 1.29 is 42.1 Å². The molecule has 0 saturated carbocycles. The van der Waals surface area contributed by atoms with Gasteiger partial charge in [0.15, 0.2) is 6.10 Å². The first-order valence-electron chi connectivity index (χ1n) is 29.0. The van der Waals surface area contributed by atoms with Gasteiger partial charge in [0.2, 0.25) is 0 Å². The van der Waals surface area contributed by atoms with Gasteiger partial charge in [-0.2, -0.15) is 0 Å². The monoisotopic (exact) mass is 1000 g/mol. The van der Waals surface area contributed by atoms with E-state index >= 15 is 0 Å². The van der Waals surface area contributed by atoms with Crippen molar-refractivity contribution in [2.75, 3.05) is 47.5 Å². The summed E-state index contributed by atoms with van der Waals surface area (Å²) in [5, 5.41) is 0. The summed E-state index contributed by atoms with van der Waals surface area (Å²) in [5.74, 6) is -0.923. The summed E-state index contributed by atoms with van der Waals surface area (Å²) in [6, 6.07) is 0. The lowest BCUT2D eigenvalue weighted by Crippen LogP contribution is -2.37. The minimum absolute atomic E-state index is 0.0442. The first-order valence-corrected chi connectivity index (χ1v) is 30.5. The third kappa shape index (κ3) is 55.0. The highest BCUT2D eigenvalue weighted by Gasteiger charge is 2.21. The van der Waals surface area contributed by atoms with E-state index in [1.807, 2.05) is 33.3 Å². The van der Waals surface area contributed by atoms with Gasteiger partial charge in [-0.3, -0.25) is 14.2 Å². The van der Waals surface area contributed by atoms with Crippen molar-refractivity contribution in [1.82, 2.24) is 0 Å². The van der Waals surface area contributed by atoms with Crippen LogP contribution in [-0.4, -0.2) is 70.0 Å². The maximum absolute atomic E-state index is 12.7. The topological polar surface area (TPSA) is 111 Å². The molecule has 0 spiro atoms. The molecule has 0 aliphatic carbocycles. The molecule has 0 fully saturated rings. The average Bonchev–Trinajstić information content (AvgIpc) is 3.32. The molecule has 408 valence electrons. The highest BCUT2D eigenvalue weighted by molar-refractivity contribution is 7.45. The second kappa shape index (κ2) is 51.6. The Morgan fingerprint density at radius 2 is 0.843 bits per heavy atom. The van der Waals surface area contributed by atoms with Crippen molar-refractivity contribution >= 4 is 19.8 Å². The standard InChI is InChI=1S/C60H110NO8P/c1-6-8-10-12-14-16-18-20-21-22-23-24-25-26-27-28-29-30-31-32-33-34-35-36-37-38-39-41-42-44-46-48-50-52-59(62)66-56-58(57-68-70(64,65)67-55-54-61(3,4)5)69-60(63)53-51-49-47-45-43-40-19-17-15-13-11-9-7-2/h9,11,15,17,22-23,40,43,47,49,58H,6-8,10,12-14,16,18-21,24-39,41-42,44-46,48,50-57H2,1-5H3/b11-9-,17-15-,23-22-,43-40-,49-47-. The fraction of sp³-hybridized carbons (Fsp3) is 0.800. The van der Waals surface area contributed by atoms with E-state index in [1.165, 1.54) is 180 Å². The highest BCUT2D eigenvalue weighted by atomic mass is 31.2. The van der Waals surface area contributed by atoms with Crippen LogP contribution < -0.4 is 4.89 Å². The molecule has 0 saturated heterocycles. The van der Waals surface area contributed by atoms with E-state index in [4.69, 9.17) is 18.5 Å². The summed E-state index contributed by atoms with van der Waals surface area (Å²) in [7, 11) is 1.12. The second-order valence-corrected chi connectivity index (χ2v) is 22.0. The lowest BCUT2D eigenvalue weighted by Gasteiger charge is -2.28. The molecular weight excluding hydrogens is 894 g/mol. The zero-order valence-corrected chi connectivity index (χ0v) is 47.1. The molecule has 0 aliphatic rings. The summed E-state index contributed by atoms with van der Waals surface area (Å²) in [5.41, 5.74) is 0. The van der Waals surface area contributed by atoms with E-state index in [0.717, 1.165) is 44.9 Å². The molecule has 0 amide bonds. The van der Waals surface area contributed by atoms with Gasteiger partial charge in [-0.05, 0) is 64.2 Å². The third-order valence-corrected chi connectivity index (χ3v) is 13.5. The number of nitrogens with zero attached hydrogens (tertiary/aromatic N) is 1. The molecule has 2 unspecified atom stereocenters. The molecule has 0 N–H and O–H groups in total. The molecule has 0 rings (SSSR count). The molecule has 9 nitrogen and oxygen atoms in total. The van der Waals surface area contributed by atoms with Crippen LogP contribution in [0.4, 0.5) is 0 Å². The van der Waals surface area contributed by atoms with E-state index in [1.54, 1.807) is 0 Å². The summed E-state index contributed by atoms with van der Waals surface area (Å²) in [6.45, 7) is 4.05. The predicted octanol–water partition coefficient (Wildman–Crippen LogP) is 17.3. The Morgan fingerprint density at radius 3 is 1.27 bits per heavy atom. The lowest BCUT2D eigenvalue weighted by molar-refractivity contribution is -0.870. The number of allylic oxidation sites excluding steroid dienone is 10. The van der Waals surface area contributed by atoms with Crippen molar-refractivity contribution in [1.29, 1.82) is 0 Å². The second-order valence-electron chi connectivity index (χ2n) is 20.6. The molecule has 0 aliphatic heterocycles. The summed E-state index contributed by atoms with van der Waals surface area (Å²) >= 11 is 0. The van der Waals surface area contributed by atoms with Crippen LogP contribution in [0, 0.1) is 0 Å². The van der Waals surface area contributed by atoms with E-state index in [9.17, 15) is 19.0 Å². The number of rotatable bonds is 53. The summed E-state index contributed by atoms with van der Waals surface area (Å²) in [6.07, 6.45) is 66.1. The van der Waals surface area contributed by atoms with Crippen LogP contribution in [0.25, 0.3) is 0 Å². The van der Waals surface area contributed by atoms with Gasteiger partial charge >= 0.3 is 11.9 Å². The number of phosphoric acid groups is 1. The fourth-order valence-corrected chi connectivity index (χ4v) is 8.81. The maximum Gasteiger partial charge on any atom is 0.306 e. The van der Waals surface area contributed by atoms with Crippen LogP contribution in [0.3, 0.4) is 0 Å². The van der Waals surface area contributed by atoms with Crippen molar-refractivity contribution in [3.8, 4) is 0 Å². The molecular formula is C60H110NO8P. The van der Waals surface area contributed by atoms with Crippen molar-refractivity contribution in [3.05, 3.63) is 60.8 Å². The van der Waals surface area contributed by atoms with E-state index in [0.29, 0.717) is 17.4 Å². The number of phosphoric ester groups is 1. The minimum Gasteiger partial charge on any atom is -0.756 e. The molecule has 0 aromatic rings. The van der Waals surface area contributed by atoms with Crippen molar-refractivity contribution in [2.24, 2.45) is 0 Å². The number of likely N-dealkylation sites (N-methyl/N-ethyl adjacent to an activating group) is 1. The Labute approximate surface area is 432 Å². The Hall–Kier alpha value is -2.29. The number of unbranched alkanes of at least 4 members (excludes halogenated alkanes) is 29. The Balaban J connectivity index is 3.99. The van der Waals surface area contributed by atoms with Gasteiger partial charge in [0.25, 0.3) is 7.82 Å². The SMILES string of the molecule is CC/C=C\C/C=C\C/C=C\C/C=C\CCC(=O)OC(COC(=O)CCCCCCCCCCCCCCCCCCCCCCC/C=C\CCCCCCCCCC)COP(=O)([O-])OCC[N+](C)(C)C. The first kappa shape index (κ1) is 67.7. The predicted molar refractivity (Wildman–Crippen MR) is 296 cm³/mol. The first-order chi connectivity index (χ1) is 34.0. The number of ether oxygens (including phenoxy) is 2. The normalized spacial score (nSPS) is 13.7. The van der Waals surface area contributed by atoms with Gasteiger partial charge in [-0.1, -0.05) is 242 Å². The average molecular weight is 1000 g/mol. The largest absolute Gasteiger partial charge is 0.756 e. The summed E-state index contributed by atoms with van der Waals surface area (Å²) in [4.78, 5) is 37.7. The Kier molecular flexibility index (Phi) is 49.9. The van der Waals surface area contributed by atoms with Gasteiger partial charge in [0.05, 0.1) is 27.7 Å². The Morgan fingerprint density at radius 1 is 0.457 bits per heavy atom. The third-order valence-electron chi connectivity index (χ3n) is 12.5. The van der Waals surface area contributed by atoms with Gasteiger partial charge < -0.3 is 27.9 Å². The number of carbonyl (C=O) groups excluding carboxylic acids is 2. The van der Waals surface area contributed by atoms with E-state index in [-0.39, 0.29) is 26.1 Å². The zero-order chi connectivity index (χ0) is 51.3. The Bertz CT molecular complexity index is 1370. The molecule has 2 atom stereocenters. The van der Waals surface area contributed by atoms with E-state index < -0.39 is 32.5 Å². The highest BCUT2D eigenvalue weighted by Crippen LogP contribution is 2.38. The van der Waals surface area contributed by atoms with Crippen LogP contribution >= 0.6 is 7.82 Å². The molecule has 10 heteroatoms. The number of quaternary nitrogens is 1. The molecule has 0 bridgehead atoms. The molecule has 0 aromatic heterocycles.